The number of carboxylic acids is 1. The number of piperidine rings is 1. The summed E-state index contributed by atoms with van der Waals surface area (Å²) in [4.78, 5) is 18.8. The standard InChI is InChI=1S/C29H30F3N3O3/c1-38-21-6-7-26-23(16-21)22(20(17-33)18-34-26)5-2-8-29(28(36)37)9-12-35(13-10-29)11-3-4-19-14-24(30)27(32)25(31)15-19/h6-7,14-16,18H,2,5,8-13,17,33H2,1H3,(H,36,37). The van der Waals surface area contributed by atoms with E-state index in [0.29, 0.717) is 58.3 Å². The number of halogens is 3. The zero-order valence-electron chi connectivity index (χ0n) is 21.2. The Morgan fingerprint density at radius 3 is 2.53 bits per heavy atom. The van der Waals surface area contributed by atoms with Crippen molar-refractivity contribution in [1.29, 1.82) is 0 Å². The van der Waals surface area contributed by atoms with E-state index in [1.54, 1.807) is 13.3 Å². The Labute approximate surface area is 219 Å². The molecule has 9 heteroatoms. The second kappa shape index (κ2) is 11.8. The van der Waals surface area contributed by atoms with Crippen LogP contribution < -0.4 is 10.5 Å². The third kappa shape index (κ3) is 5.93. The lowest BCUT2D eigenvalue weighted by atomic mass is 9.74. The number of hydrogen-bond donors (Lipinski definition) is 2. The molecule has 2 heterocycles. The maximum atomic E-state index is 13.4. The van der Waals surface area contributed by atoms with Crippen LogP contribution in [0.25, 0.3) is 10.9 Å². The minimum atomic E-state index is -1.52. The monoisotopic (exact) mass is 525 g/mol. The summed E-state index contributed by atoms with van der Waals surface area (Å²) in [5, 5.41) is 11.1. The maximum Gasteiger partial charge on any atom is 0.309 e. The largest absolute Gasteiger partial charge is 0.497 e. The number of rotatable bonds is 8. The van der Waals surface area contributed by atoms with E-state index in [4.69, 9.17) is 10.5 Å². The van der Waals surface area contributed by atoms with Gasteiger partial charge in [-0.2, -0.15) is 0 Å². The number of carboxylic acid groups (broad SMARTS) is 1. The Morgan fingerprint density at radius 1 is 1.18 bits per heavy atom. The van der Waals surface area contributed by atoms with Gasteiger partial charge in [-0.3, -0.25) is 14.7 Å². The van der Waals surface area contributed by atoms with Crippen molar-refractivity contribution in [3.63, 3.8) is 0 Å². The average molecular weight is 526 g/mol. The van der Waals surface area contributed by atoms with E-state index in [1.807, 2.05) is 23.1 Å². The van der Waals surface area contributed by atoms with Crippen molar-refractivity contribution < 1.29 is 27.8 Å². The molecule has 1 fully saturated rings. The summed E-state index contributed by atoms with van der Waals surface area (Å²) in [6.45, 7) is 1.74. The predicted octanol–water partition coefficient (Wildman–Crippen LogP) is 4.66. The van der Waals surface area contributed by atoms with Gasteiger partial charge in [0.25, 0.3) is 0 Å². The molecule has 0 atom stereocenters. The maximum absolute atomic E-state index is 13.4. The zero-order valence-corrected chi connectivity index (χ0v) is 21.2. The van der Waals surface area contributed by atoms with Crippen LogP contribution in [0.3, 0.4) is 0 Å². The van der Waals surface area contributed by atoms with Gasteiger partial charge in [0.1, 0.15) is 5.75 Å². The molecule has 0 amide bonds. The van der Waals surface area contributed by atoms with Crippen LogP contribution in [0.2, 0.25) is 0 Å². The number of carbonyl (C=O) groups is 1. The zero-order chi connectivity index (χ0) is 27.3. The molecule has 0 spiro atoms. The molecule has 38 heavy (non-hydrogen) atoms. The van der Waals surface area contributed by atoms with E-state index in [0.717, 1.165) is 39.9 Å². The summed E-state index contributed by atoms with van der Waals surface area (Å²) in [6.07, 6.45) is 4.60. The summed E-state index contributed by atoms with van der Waals surface area (Å²) in [6, 6.07) is 7.41. The predicted molar refractivity (Wildman–Crippen MR) is 138 cm³/mol. The number of pyridine rings is 1. The van der Waals surface area contributed by atoms with E-state index in [-0.39, 0.29) is 5.56 Å². The highest BCUT2D eigenvalue weighted by Crippen LogP contribution is 2.37. The molecule has 1 aliphatic heterocycles. The first-order valence-electron chi connectivity index (χ1n) is 12.5. The molecule has 0 unspecified atom stereocenters. The van der Waals surface area contributed by atoms with Gasteiger partial charge >= 0.3 is 5.97 Å². The van der Waals surface area contributed by atoms with E-state index in [2.05, 4.69) is 16.8 Å². The molecule has 0 aliphatic carbocycles. The minimum Gasteiger partial charge on any atom is -0.497 e. The van der Waals surface area contributed by atoms with Gasteiger partial charge in [0, 0.05) is 36.8 Å². The van der Waals surface area contributed by atoms with E-state index in [9.17, 15) is 23.1 Å². The van der Waals surface area contributed by atoms with Crippen LogP contribution in [0.15, 0.2) is 36.5 Å². The summed E-state index contributed by atoms with van der Waals surface area (Å²) in [5.41, 5.74) is 8.04. The van der Waals surface area contributed by atoms with Crippen LogP contribution >= 0.6 is 0 Å². The van der Waals surface area contributed by atoms with Crippen LogP contribution in [0.5, 0.6) is 5.75 Å². The van der Waals surface area contributed by atoms with Gasteiger partial charge in [-0.05, 0) is 73.6 Å². The molecule has 3 N–H and O–H groups in total. The number of aryl methyl sites for hydroxylation is 1. The molecule has 2 aromatic carbocycles. The van der Waals surface area contributed by atoms with Gasteiger partial charge in [0.2, 0.25) is 0 Å². The van der Waals surface area contributed by atoms with Crippen molar-refractivity contribution in [2.45, 2.75) is 38.6 Å². The van der Waals surface area contributed by atoms with Gasteiger partial charge < -0.3 is 15.6 Å². The second-order valence-corrected chi connectivity index (χ2v) is 9.62. The number of hydrogen-bond acceptors (Lipinski definition) is 5. The first-order valence-corrected chi connectivity index (χ1v) is 12.5. The quantitative estimate of drug-likeness (QED) is 0.329. The Hall–Kier alpha value is -3.61. The normalized spacial score (nSPS) is 15.2. The molecule has 4 rings (SSSR count). The van der Waals surface area contributed by atoms with Crippen LogP contribution in [0.1, 0.15) is 42.4 Å². The van der Waals surface area contributed by atoms with Gasteiger partial charge in [0.15, 0.2) is 17.5 Å². The Balaban J connectivity index is 1.39. The fourth-order valence-electron chi connectivity index (χ4n) is 5.06. The smallest absolute Gasteiger partial charge is 0.309 e. The van der Waals surface area contributed by atoms with E-state index in [1.165, 1.54) is 0 Å². The lowest BCUT2D eigenvalue weighted by Gasteiger charge is -2.38. The van der Waals surface area contributed by atoms with Gasteiger partial charge in [-0.25, -0.2) is 13.2 Å². The fraction of sp³-hybridized carbons (Fsp3) is 0.379. The minimum absolute atomic E-state index is 0.0522. The molecule has 1 aliphatic rings. The lowest BCUT2D eigenvalue weighted by molar-refractivity contribution is -0.152. The summed E-state index contributed by atoms with van der Waals surface area (Å²) < 4.78 is 45.3. The molecule has 1 aromatic heterocycles. The summed E-state index contributed by atoms with van der Waals surface area (Å²) in [7, 11) is 1.61. The van der Waals surface area contributed by atoms with Gasteiger partial charge in [-0.1, -0.05) is 11.8 Å². The van der Waals surface area contributed by atoms with Crippen molar-refractivity contribution in [1.82, 2.24) is 9.88 Å². The number of aliphatic carboxylic acids is 1. The first kappa shape index (κ1) is 27.4. The molecule has 0 bridgehead atoms. The highest BCUT2D eigenvalue weighted by Gasteiger charge is 2.40. The Morgan fingerprint density at radius 2 is 1.89 bits per heavy atom. The van der Waals surface area contributed by atoms with Crippen LogP contribution in [0.4, 0.5) is 13.2 Å². The lowest BCUT2D eigenvalue weighted by Crippen LogP contribution is -2.44. The number of benzene rings is 2. The summed E-state index contributed by atoms with van der Waals surface area (Å²) in [5.74, 6) is 1.34. The van der Waals surface area contributed by atoms with Crippen molar-refractivity contribution in [2.75, 3.05) is 26.7 Å². The molecule has 200 valence electrons. The van der Waals surface area contributed by atoms with Crippen molar-refractivity contribution in [2.24, 2.45) is 11.1 Å². The molecular weight excluding hydrogens is 495 g/mol. The molecule has 0 saturated carbocycles. The number of nitrogens with zero attached hydrogens (tertiary/aromatic N) is 2. The van der Waals surface area contributed by atoms with Crippen molar-refractivity contribution in [3.05, 3.63) is 70.7 Å². The topological polar surface area (TPSA) is 88.7 Å². The number of methoxy groups -OCH3 is 1. The number of fused-ring (bicyclic) bond motifs is 1. The second-order valence-electron chi connectivity index (χ2n) is 9.62. The highest BCUT2D eigenvalue weighted by molar-refractivity contribution is 5.84. The molecule has 6 nitrogen and oxygen atoms in total. The van der Waals surface area contributed by atoms with Gasteiger partial charge in [-0.15, -0.1) is 0 Å². The molecule has 0 radical (unpaired) electrons. The van der Waals surface area contributed by atoms with Crippen LogP contribution in [-0.4, -0.2) is 47.7 Å². The van der Waals surface area contributed by atoms with E-state index >= 15 is 0 Å². The van der Waals surface area contributed by atoms with Crippen LogP contribution in [0, 0.1) is 34.7 Å². The SMILES string of the molecule is COc1ccc2ncc(CN)c(CCCC3(C(=O)O)CCN(CC#Cc4cc(F)c(F)c(F)c4)CC3)c2c1. The van der Waals surface area contributed by atoms with E-state index < -0.39 is 28.8 Å². The number of nitrogens with two attached hydrogens (primary N) is 1. The third-order valence-electron chi connectivity index (χ3n) is 7.36. The molecule has 1 saturated heterocycles. The van der Waals surface area contributed by atoms with Gasteiger partial charge in [0.05, 0.1) is 24.6 Å². The number of ether oxygens (including phenoxy) is 1. The fourth-order valence-corrected chi connectivity index (χ4v) is 5.06. The Bertz CT molecular complexity index is 1360. The third-order valence-corrected chi connectivity index (χ3v) is 7.36. The molecular formula is C29H30F3N3O3. The summed E-state index contributed by atoms with van der Waals surface area (Å²) >= 11 is 0. The number of aromatic nitrogens is 1. The highest BCUT2D eigenvalue weighted by atomic mass is 19.2. The van der Waals surface area contributed by atoms with Crippen molar-refractivity contribution >= 4 is 16.9 Å². The average Bonchev–Trinajstić information content (AvgIpc) is 2.92. The Kier molecular flexibility index (Phi) is 8.55. The van der Waals surface area contributed by atoms with Crippen LogP contribution in [-0.2, 0) is 17.8 Å². The number of likely N-dealkylation sites (tertiary alicyclic amines) is 1. The molecule has 3 aromatic rings. The first-order chi connectivity index (χ1) is 18.3. The van der Waals surface area contributed by atoms with Crippen molar-refractivity contribution in [3.8, 4) is 17.6 Å².